The third kappa shape index (κ3) is 1.39. The van der Waals surface area contributed by atoms with Gasteiger partial charge in [0.25, 0.3) is 5.91 Å². The summed E-state index contributed by atoms with van der Waals surface area (Å²) < 4.78 is 13.5. The van der Waals surface area contributed by atoms with Crippen molar-refractivity contribution < 1.29 is 9.18 Å². The minimum absolute atomic E-state index is 0.270. The van der Waals surface area contributed by atoms with Gasteiger partial charge in [0.15, 0.2) is 0 Å². The summed E-state index contributed by atoms with van der Waals surface area (Å²) in [6.07, 6.45) is 0. The minimum Gasteiger partial charge on any atom is -0.364 e. The van der Waals surface area contributed by atoms with Gasteiger partial charge in [0.2, 0.25) is 0 Å². The number of aromatic amines is 1. The molecular weight excluding hydrogens is 251 g/mol. The average Bonchev–Trinajstić information content (AvgIpc) is 2.47. The molecule has 1 aromatic heterocycles. The van der Waals surface area contributed by atoms with Crippen molar-refractivity contribution in [3.8, 4) is 0 Å². The second kappa shape index (κ2) is 3.09. The van der Waals surface area contributed by atoms with Crippen LogP contribution in [0.5, 0.6) is 0 Å². The first-order valence-electron chi connectivity index (χ1n) is 3.85. The number of hydrogen-bond donors (Lipinski definition) is 2. The number of H-pyrrole nitrogens is 1. The number of benzene rings is 1. The van der Waals surface area contributed by atoms with Crippen molar-refractivity contribution in [1.82, 2.24) is 4.98 Å². The quantitative estimate of drug-likeness (QED) is 0.808. The number of aromatic nitrogens is 1. The second-order valence-electron chi connectivity index (χ2n) is 2.90. The maximum absolute atomic E-state index is 12.9. The van der Waals surface area contributed by atoms with Crippen LogP contribution in [0.2, 0.25) is 0 Å². The normalized spacial score (nSPS) is 10.7. The molecule has 0 fully saturated rings. The summed E-state index contributed by atoms with van der Waals surface area (Å²) >= 11 is 3.20. The van der Waals surface area contributed by atoms with E-state index >= 15 is 0 Å². The van der Waals surface area contributed by atoms with E-state index in [9.17, 15) is 9.18 Å². The first-order chi connectivity index (χ1) is 6.58. The SMILES string of the molecule is NC(=O)c1cc2c(Br)cc(F)cc2[nH]1. The summed E-state index contributed by atoms with van der Waals surface area (Å²) in [5.41, 5.74) is 5.90. The fraction of sp³-hybridized carbons (Fsp3) is 0. The maximum atomic E-state index is 12.9. The highest BCUT2D eigenvalue weighted by molar-refractivity contribution is 9.10. The number of amides is 1. The van der Waals surface area contributed by atoms with Crippen LogP contribution in [0.3, 0.4) is 0 Å². The van der Waals surface area contributed by atoms with E-state index in [1.807, 2.05) is 0 Å². The molecule has 2 rings (SSSR count). The molecule has 0 aliphatic rings. The number of primary amides is 1. The first-order valence-corrected chi connectivity index (χ1v) is 4.65. The molecule has 0 bridgehead atoms. The Balaban J connectivity index is 2.76. The molecule has 0 aliphatic carbocycles. The van der Waals surface area contributed by atoms with Crippen molar-refractivity contribution in [2.75, 3.05) is 0 Å². The van der Waals surface area contributed by atoms with Crippen LogP contribution in [-0.4, -0.2) is 10.9 Å². The standard InChI is InChI=1S/C9H6BrFN2O/c10-6-1-4(11)2-7-5(6)3-8(13-7)9(12)14/h1-3,13H,(H2,12,14). The smallest absolute Gasteiger partial charge is 0.265 e. The molecule has 2 aromatic rings. The lowest BCUT2D eigenvalue weighted by Gasteiger charge is -1.93. The number of rotatable bonds is 1. The molecule has 0 radical (unpaired) electrons. The molecular formula is C9H6BrFN2O. The first kappa shape index (κ1) is 9.21. The molecule has 14 heavy (non-hydrogen) atoms. The molecule has 1 heterocycles. The second-order valence-corrected chi connectivity index (χ2v) is 3.75. The summed E-state index contributed by atoms with van der Waals surface area (Å²) in [7, 11) is 0. The Hall–Kier alpha value is -1.36. The molecule has 0 spiro atoms. The third-order valence-electron chi connectivity index (χ3n) is 1.92. The third-order valence-corrected chi connectivity index (χ3v) is 2.57. The fourth-order valence-electron chi connectivity index (χ4n) is 1.29. The van der Waals surface area contributed by atoms with Crippen LogP contribution in [0.25, 0.3) is 10.9 Å². The van der Waals surface area contributed by atoms with Crippen LogP contribution in [-0.2, 0) is 0 Å². The van der Waals surface area contributed by atoms with E-state index in [-0.39, 0.29) is 11.5 Å². The van der Waals surface area contributed by atoms with Gasteiger partial charge in [-0.25, -0.2) is 4.39 Å². The molecule has 0 saturated heterocycles. The highest BCUT2D eigenvalue weighted by Gasteiger charge is 2.09. The van der Waals surface area contributed by atoms with Gasteiger partial charge < -0.3 is 10.7 Å². The molecule has 3 N–H and O–H groups in total. The van der Waals surface area contributed by atoms with Gasteiger partial charge in [0.05, 0.1) is 5.52 Å². The lowest BCUT2D eigenvalue weighted by atomic mass is 10.2. The molecule has 1 amide bonds. The largest absolute Gasteiger partial charge is 0.364 e. The van der Waals surface area contributed by atoms with Gasteiger partial charge in [-0.2, -0.15) is 0 Å². The van der Waals surface area contributed by atoms with Gasteiger partial charge in [-0.05, 0) is 34.1 Å². The van der Waals surface area contributed by atoms with Gasteiger partial charge in [0, 0.05) is 9.86 Å². The fourth-order valence-corrected chi connectivity index (χ4v) is 1.84. The predicted octanol–water partition coefficient (Wildman–Crippen LogP) is 2.17. The number of fused-ring (bicyclic) bond motifs is 1. The van der Waals surface area contributed by atoms with E-state index in [0.29, 0.717) is 9.99 Å². The van der Waals surface area contributed by atoms with E-state index in [1.54, 1.807) is 6.07 Å². The molecule has 0 aliphatic heterocycles. The number of nitrogens with two attached hydrogens (primary N) is 1. The zero-order valence-corrected chi connectivity index (χ0v) is 8.56. The molecule has 3 nitrogen and oxygen atoms in total. The van der Waals surface area contributed by atoms with Crippen LogP contribution < -0.4 is 5.73 Å². The highest BCUT2D eigenvalue weighted by Crippen LogP contribution is 2.25. The highest BCUT2D eigenvalue weighted by atomic mass is 79.9. The van der Waals surface area contributed by atoms with Gasteiger partial charge in [0.1, 0.15) is 11.5 Å². The van der Waals surface area contributed by atoms with Crippen LogP contribution >= 0.6 is 15.9 Å². The Morgan fingerprint density at radius 2 is 2.14 bits per heavy atom. The Bertz CT molecular complexity index is 521. The monoisotopic (exact) mass is 256 g/mol. The number of carbonyl (C=O) groups excluding carboxylic acids is 1. The van der Waals surface area contributed by atoms with E-state index in [4.69, 9.17) is 5.73 Å². The zero-order valence-electron chi connectivity index (χ0n) is 6.97. The Morgan fingerprint density at radius 3 is 2.79 bits per heavy atom. The summed E-state index contributed by atoms with van der Waals surface area (Å²) in [4.78, 5) is 13.6. The van der Waals surface area contributed by atoms with Crippen molar-refractivity contribution in [3.05, 3.63) is 34.2 Å². The molecule has 72 valence electrons. The lowest BCUT2D eigenvalue weighted by Crippen LogP contribution is -2.10. The van der Waals surface area contributed by atoms with Crippen LogP contribution in [0.4, 0.5) is 4.39 Å². The van der Waals surface area contributed by atoms with Crippen molar-refractivity contribution in [2.24, 2.45) is 5.73 Å². The Morgan fingerprint density at radius 1 is 1.43 bits per heavy atom. The number of halogens is 2. The van der Waals surface area contributed by atoms with Crippen molar-refractivity contribution in [1.29, 1.82) is 0 Å². The topological polar surface area (TPSA) is 58.9 Å². The van der Waals surface area contributed by atoms with E-state index in [2.05, 4.69) is 20.9 Å². The molecule has 1 aromatic carbocycles. The summed E-state index contributed by atoms with van der Waals surface area (Å²) in [6.45, 7) is 0. The van der Waals surface area contributed by atoms with E-state index in [1.165, 1.54) is 12.1 Å². The van der Waals surface area contributed by atoms with Crippen molar-refractivity contribution in [2.45, 2.75) is 0 Å². The molecule has 0 unspecified atom stereocenters. The average molecular weight is 257 g/mol. The Kier molecular flexibility index (Phi) is 2.03. The molecule has 0 saturated carbocycles. The van der Waals surface area contributed by atoms with Gasteiger partial charge in [-0.15, -0.1) is 0 Å². The minimum atomic E-state index is -0.562. The maximum Gasteiger partial charge on any atom is 0.265 e. The summed E-state index contributed by atoms with van der Waals surface area (Å²) in [6, 6.07) is 4.23. The van der Waals surface area contributed by atoms with Crippen molar-refractivity contribution >= 4 is 32.7 Å². The van der Waals surface area contributed by atoms with Crippen LogP contribution in [0, 0.1) is 5.82 Å². The molecule has 0 atom stereocenters. The summed E-state index contributed by atoms with van der Waals surface area (Å²) in [5.74, 6) is -0.934. The van der Waals surface area contributed by atoms with E-state index in [0.717, 1.165) is 5.39 Å². The number of carbonyl (C=O) groups is 1. The molecule has 5 heteroatoms. The van der Waals surface area contributed by atoms with Gasteiger partial charge in [-0.1, -0.05) is 0 Å². The number of nitrogens with one attached hydrogen (secondary N) is 1. The summed E-state index contributed by atoms with van der Waals surface area (Å²) in [5, 5.41) is 0.736. The van der Waals surface area contributed by atoms with E-state index < -0.39 is 5.91 Å². The lowest BCUT2D eigenvalue weighted by molar-refractivity contribution is 0.0996. The zero-order chi connectivity index (χ0) is 10.3. The van der Waals surface area contributed by atoms with Crippen LogP contribution in [0.1, 0.15) is 10.5 Å². The Labute approximate surface area is 87.2 Å². The van der Waals surface area contributed by atoms with Gasteiger partial charge >= 0.3 is 0 Å². The van der Waals surface area contributed by atoms with Crippen molar-refractivity contribution in [3.63, 3.8) is 0 Å². The predicted molar refractivity (Wildman–Crippen MR) is 54.5 cm³/mol. The number of hydrogen-bond acceptors (Lipinski definition) is 1. The van der Waals surface area contributed by atoms with Gasteiger partial charge in [-0.3, -0.25) is 4.79 Å². The van der Waals surface area contributed by atoms with Crippen LogP contribution in [0.15, 0.2) is 22.7 Å².